The van der Waals surface area contributed by atoms with Crippen LogP contribution in [0.15, 0.2) is 12.7 Å². The number of hydrogen-bond acceptors (Lipinski definition) is 2. The number of nitrogens with zero attached hydrogens (tertiary/aromatic N) is 1. The summed E-state index contributed by atoms with van der Waals surface area (Å²) in [7, 11) is 0. The highest BCUT2D eigenvalue weighted by Gasteiger charge is 2.32. The molecule has 2 rings (SSSR count). The number of likely N-dealkylation sites (tertiary alicyclic amines) is 1. The Bertz CT molecular complexity index is 327. The van der Waals surface area contributed by atoms with Crippen molar-refractivity contribution in [3.8, 4) is 0 Å². The van der Waals surface area contributed by atoms with Crippen molar-refractivity contribution in [3.05, 3.63) is 12.7 Å². The summed E-state index contributed by atoms with van der Waals surface area (Å²) in [5.74, 6) is 0.175. The van der Waals surface area contributed by atoms with Gasteiger partial charge in [0.05, 0.1) is 0 Å². The fraction of sp³-hybridized carbons (Fsp3) is 0.692. The molecule has 94 valence electrons. The average molecular weight is 236 g/mol. The second-order valence-corrected chi connectivity index (χ2v) is 4.92. The van der Waals surface area contributed by atoms with Crippen LogP contribution in [-0.4, -0.2) is 35.3 Å². The highest BCUT2D eigenvalue weighted by molar-refractivity contribution is 5.87. The summed E-state index contributed by atoms with van der Waals surface area (Å²) < 4.78 is 0. The quantitative estimate of drug-likeness (QED) is 0.749. The topological polar surface area (TPSA) is 49.4 Å². The lowest BCUT2D eigenvalue weighted by molar-refractivity contribution is -0.130. The summed E-state index contributed by atoms with van der Waals surface area (Å²) in [6.07, 6.45) is 7.05. The van der Waals surface area contributed by atoms with Gasteiger partial charge in [-0.15, -0.1) is 0 Å². The van der Waals surface area contributed by atoms with Crippen molar-refractivity contribution in [3.63, 3.8) is 0 Å². The molecule has 0 spiro atoms. The van der Waals surface area contributed by atoms with Gasteiger partial charge in [-0.1, -0.05) is 6.58 Å². The Hall–Kier alpha value is -1.32. The van der Waals surface area contributed by atoms with Crippen LogP contribution in [0.1, 0.15) is 38.5 Å². The van der Waals surface area contributed by atoms with Gasteiger partial charge in [-0.05, 0) is 38.2 Å². The second kappa shape index (κ2) is 5.34. The molecule has 4 heteroatoms. The van der Waals surface area contributed by atoms with Gasteiger partial charge < -0.3 is 10.2 Å². The maximum absolute atomic E-state index is 11.7. The van der Waals surface area contributed by atoms with Crippen LogP contribution in [0, 0.1) is 0 Å². The Balaban J connectivity index is 1.90. The Kier molecular flexibility index (Phi) is 3.82. The molecule has 1 N–H and O–H groups in total. The minimum absolute atomic E-state index is 0.108. The van der Waals surface area contributed by atoms with E-state index >= 15 is 0 Å². The Morgan fingerprint density at radius 1 is 1.41 bits per heavy atom. The largest absolute Gasteiger partial charge is 0.350 e. The van der Waals surface area contributed by atoms with E-state index in [-0.39, 0.29) is 17.9 Å². The molecule has 17 heavy (non-hydrogen) atoms. The Morgan fingerprint density at radius 2 is 2.24 bits per heavy atom. The van der Waals surface area contributed by atoms with Crippen LogP contribution in [0.5, 0.6) is 0 Å². The van der Waals surface area contributed by atoms with Gasteiger partial charge in [-0.25, -0.2) is 0 Å². The zero-order chi connectivity index (χ0) is 12.3. The van der Waals surface area contributed by atoms with E-state index in [1.807, 2.05) is 4.90 Å². The molecule has 1 aliphatic carbocycles. The third-order valence-corrected chi connectivity index (χ3v) is 3.73. The lowest BCUT2D eigenvalue weighted by Gasteiger charge is -2.35. The fourth-order valence-corrected chi connectivity index (χ4v) is 2.89. The van der Waals surface area contributed by atoms with Crippen LogP contribution in [0.25, 0.3) is 0 Å². The minimum Gasteiger partial charge on any atom is -0.350 e. The molecule has 0 radical (unpaired) electrons. The van der Waals surface area contributed by atoms with E-state index in [4.69, 9.17) is 0 Å². The minimum atomic E-state index is -0.108. The predicted octanol–water partition coefficient (Wildman–Crippen LogP) is 1.22. The van der Waals surface area contributed by atoms with Crippen molar-refractivity contribution >= 4 is 11.8 Å². The second-order valence-electron chi connectivity index (χ2n) is 4.92. The summed E-state index contributed by atoms with van der Waals surface area (Å²) in [5, 5.41) is 2.94. The summed E-state index contributed by atoms with van der Waals surface area (Å²) in [4.78, 5) is 24.9. The summed E-state index contributed by atoms with van der Waals surface area (Å²) in [6, 6.07) is 0.529. The molecule has 2 atom stereocenters. The van der Waals surface area contributed by atoms with Crippen molar-refractivity contribution in [1.82, 2.24) is 10.2 Å². The van der Waals surface area contributed by atoms with Crippen molar-refractivity contribution in [2.45, 2.75) is 50.6 Å². The molecule has 1 aliphatic heterocycles. The zero-order valence-electron chi connectivity index (χ0n) is 10.2. The van der Waals surface area contributed by atoms with E-state index in [0.717, 1.165) is 38.6 Å². The summed E-state index contributed by atoms with van der Waals surface area (Å²) >= 11 is 0. The molecule has 4 nitrogen and oxygen atoms in total. The SMILES string of the molecule is C=CC(=O)NC1CCCC(N2CCCC2=O)C1. The Labute approximate surface area is 102 Å². The molecule has 0 aromatic carbocycles. The standard InChI is InChI=1S/C13H20N2O2/c1-2-12(16)14-10-5-3-6-11(9-10)15-8-4-7-13(15)17/h2,10-11H,1,3-9H2,(H,14,16). The highest BCUT2D eigenvalue weighted by Crippen LogP contribution is 2.26. The fourth-order valence-electron chi connectivity index (χ4n) is 2.89. The van der Waals surface area contributed by atoms with Crippen LogP contribution in [0.4, 0.5) is 0 Å². The lowest BCUT2D eigenvalue weighted by Crippen LogP contribution is -2.46. The van der Waals surface area contributed by atoms with Crippen LogP contribution < -0.4 is 5.32 Å². The molecule has 0 bridgehead atoms. The summed E-state index contributed by atoms with van der Waals surface area (Å²) in [6.45, 7) is 4.35. The molecule has 2 fully saturated rings. The maximum Gasteiger partial charge on any atom is 0.243 e. The van der Waals surface area contributed by atoms with Gasteiger partial charge in [0, 0.05) is 25.0 Å². The van der Waals surface area contributed by atoms with E-state index in [1.165, 1.54) is 6.08 Å². The van der Waals surface area contributed by atoms with Gasteiger partial charge in [-0.3, -0.25) is 9.59 Å². The molecule has 2 unspecified atom stereocenters. The van der Waals surface area contributed by atoms with Crippen molar-refractivity contribution in [2.75, 3.05) is 6.54 Å². The first kappa shape index (κ1) is 12.1. The maximum atomic E-state index is 11.7. The van der Waals surface area contributed by atoms with E-state index in [9.17, 15) is 9.59 Å². The number of hydrogen-bond donors (Lipinski definition) is 1. The van der Waals surface area contributed by atoms with Gasteiger partial charge in [0.1, 0.15) is 0 Å². The van der Waals surface area contributed by atoms with E-state index in [0.29, 0.717) is 12.5 Å². The molecule has 1 saturated heterocycles. The first-order valence-corrected chi connectivity index (χ1v) is 6.43. The first-order valence-electron chi connectivity index (χ1n) is 6.43. The van der Waals surface area contributed by atoms with Gasteiger partial charge in [0.25, 0.3) is 0 Å². The van der Waals surface area contributed by atoms with Crippen molar-refractivity contribution in [1.29, 1.82) is 0 Å². The molecule has 2 amide bonds. The molecule has 1 heterocycles. The molecule has 1 saturated carbocycles. The van der Waals surface area contributed by atoms with E-state index in [1.54, 1.807) is 0 Å². The first-order chi connectivity index (χ1) is 8.20. The monoisotopic (exact) mass is 236 g/mol. The third-order valence-electron chi connectivity index (χ3n) is 3.73. The summed E-state index contributed by atoms with van der Waals surface area (Å²) in [5.41, 5.74) is 0. The van der Waals surface area contributed by atoms with Crippen LogP contribution in [-0.2, 0) is 9.59 Å². The number of carbonyl (C=O) groups excluding carboxylic acids is 2. The van der Waals surface area contributed by atoms with Crippen LogP contribution in [0.2, 0.25) is 0 Å². The van der Waals surface area contributed by atoms with Gasteiger partial charge >= 0.3 is 0 Å². The zero-order valence-corrected chi connectivity index (χ0v) is 10.2. The van der Waals surface area contributed by atoms with Gasteiger partial charge in [0.2, 0.25) is 11.8 Å². The smallest absolute Gasteiger partial charge is 0.243 e. The molecule has 0 aromatic rings. The number of rotatable bonds is 3. The lowest BCUT2D eigenvalue weighted by atomic mass is 9.90. The normalized spacial score (nSPS) is 29.2. The van der Waals surface area contributed by atoms with Crippen molar-refractivity contribution < 1.29 is 9.59 Å². The van der Waals surface area contributed by atoms with E-state index in [2.05, 4.69) is 11.9 Å². The third kappa shape index (κ3) is 2.87. The van der Waals surface area contributed by atoms with Gasteiger partial charge in [-0.2, -0.15) is 0 Å². The molecular weight excluding hydrogens is 216 g/mol. The number of nitrogens with one attached hydrogen (secondary N) is 1. The van der Waals surface area contributed by atoms with Crippen LogP contribution in [0.3, 0.4) is 0 Å². The number of amides is 2. The molecular formula is C13H20N2O2. The molecule has 2 aliphatic rings. The van der Waals surface area contributed by atoms with Crippen LogP contribution >= 0.6 is 0 Å². The predicted molar refractivity (Wildman–Crippen MR) is 65.3 cm³/mol. The number of carbonyl (C=O) groups is 2. The molecule has 0 aromatic heterocycles. The van der Waals surface area contributed by atoms with E-state index < -0.39 is 0 Å². The van der Waals surface area contributed by atoms with Crippen molar-refractivity contribution in [2.24, 2.45) is 0 Å². The highest BCUT2D eigenvalue weighted by atomic mass is 16.2. The Morgan fingerprint density at radius 3 is 2.88 bits per heavy atom. The average Bonchev–Trinajstić information content (AvgIpc) is 2.75. The van der Waals surface area contributed by atoms with Gasteiger partial charge in [0.15, 0.2) is 0 Å².